The van der Waals surface area contributed by atoms with Gasteiger partial charge < -0.3 is 9.47 Å². The fourth-order valence-electron chi connectivity index (χ4n) is 1.11. The first-order chi connectivity index (χ1) is 5.17. The summed E-state index contributed by atoms with van der Waals surface area (Å²) in [6.45, 7) is 8.25. The second-order valence-electron chi connectivity index (χ2n) is 3.77. The number of ether oxygens (including phenoxy) is 2. The predicted octanol–water partition coefficient (Wildman–Crippen LogP) is 2.19. The Morgan fingerprint density at radius 2 is 1.82 bits per heavy atom. The van der Waals surface area contributed by atoms with Gasteiger partial charge in [0.1, 0.15) is 0 Å². The fraction of sp³-hybridized carbons (Fsp3) is 1.00. The van der Waals surface area contributed by atoms with Gasteiger partial charge in [0.25, 0.3) is 0 Å². The zero-order valence-electron chi connectivity index (χ0n) is 7.72. The molecule has 1 aliphatic heterocycles. The highest BCUT2D eigenvalue weighted by atomic mass is 16.7. The summed E-state index contributed by atoms with van der Waals surface area (Å²) in [6, 6.07) is 0. The molecule has 0 saturated carbocycles. The third-order valence-corrected chi connectivity index (χ3v) is 2.38. The summed E-state index contributed by atoms with van der Waals surface area (Å²) in [5.74, 6) is 0. The lowest BCUT2D eigenvalue weighted by Crippen LogP contribution is -2.37. The van der Waals surface area contributed by atoms with Crippen LogP contribution in [0, 0.1) is 5.41 Å². The molecule has 0 bridgehead atoms. The Balaban J connectivity index is 2.43. The summed E-state index contributed by atoms with van der Waals surface area (Å²) < 4.78 is 11.0. The lowest BCUT2D eigenvalue weighted by molar-refractivity contribution is -0.229. The topological polar surface area (TPSA) is 18.5 Å². The first-order valence-corrected chi connectivity index (χ1v) is 4.40. The Hall–Kier alpha value is -0.0800. The molecule has 1 fully saturated rings. The molecule has 0 amide bonds. The minimum absolute atomic E-state index is 0.0150. The molecule has 0 radical (unpaired) electrons. The van der Waals surface area contributed by atoms with Crippen LogP contribution in [0.15, 0.2) is 0 Å². The average Bonchev–Trinajstić information content (AvgIpc) is 2.06. The SMILES string of the molecule is CCC(C)(C)C1OCCCO1. The molecule has 1 heterocycles. The third kappa shape index (κ3) is 2.17. The number of rotatable bonds is 2. The molecule has 0 aromatic heterocycles. The lowest BCUT2D eigenvalue weighted by Gasteiger charge is -2.35. The van der Waals surface area contributed by atoms with Gasteiger partial charge in [0.2, 0.25) is 0 Å². The average molecular weight is 158 g/mol. The molecule has 66 valence electrons. The fourth-order valence-corrected chi connectivity index (χ4v) is 1.11. The second-order valence-corrected chi connectivity index (χ2v) is 3.77. The molecule has 11 heavy (non-hydrogen) atoms. The summed E-state index contributed by atoms with van der Waals surface area (Å²) >= 11 is 0. The third-order valence-electron chi connectivity index (χ3n) is 2.38. The molecule has 2 heteroatoms. The van der Waals surface area contributed by atoms with Crippen molar-refractivity contribution in [2.45, 2.75) is 39.9 Å². The zero-order valence-corrected chi connectivity index (χ0v) is 7.72. The molecule has 0 unspecified atom stereocenters. The van der Waals surface area contributed by atoms with Gasteiger partial charge in [-0.2, -0.15) is 0 Å². The van der Waals surface area contributed by atoms with Gasteiger partial charge in [0, 0.05) is 5.41 Å². The van der Waals surface area contributed by atoms with Crippen LogP contribution < -0.4 is 0 Å². The van der Waals surface area contributed by atoms with Crippen LogP contribution in [0.5, 0.6) is 0 Å². The lowest BCUT2D eigenvalue weighted by atomic mass is 9.89. The Bertz CT molecular complexity index is 115. The van der Waals surface area contributed by atoms with Crippen molar-refractivity contribution in [2.24, 2.45) is 5.41 Å². The van der Waals surface area contributed by atoms with Crippen molar-refractivity contribution in [2.75, 3.05) is 13.2 Å². The van der Waals surface area contributed by atoms with E-state index in [-0.39, 0.29) is 11.7 Å². The van der Waals surface area contributed by atoms with Crippen LogP contribution in [0.1, 0.15) is 33.6 Å². The predicted molar refractivity (Wildman–Crippen MR) is 44.4 cm³/mol. The van der Waals surface area contributed by atoms with E-state index < -0.39 is 0 Å². The molecule has 1 rings (SSSR count). The largest absolute Gasteiger partial charge is 0.352 e. The van der Waals surface area contributed by atoms with Gasteiger partial charge in [-0.15, -0.1) is 0 Å². The van der Waals surface area contributed by atoms with Crippen molar-refractivity contribution in [1.29, 1.82) is 0 Å². The van der Waals surface area contributed by atoms with Crippen molar-refractivity contribution >= 4 is 0 Å². The Morgan fingerprint density at radius 1 is 1.27 bits per heavy atom. The van der Waals surface area contributed by atoms with Gasteiger partial charge in [-0.25, -0.2) is 0 Å². The first-order valence-electron chi connectivity index (χ1n) is 4.40. The van der Waals surface area contributed by atoms with Gasteiger partial charge in [0.15, 0.2) is 6.29 Å². The molecule has 0 N–H and O–H groups in total. The molecular weight excluding hydrogens is 140 g/mol. The minimum Gasteiger partial charge on any atom is -0.352 e. The first kappa shape index (κ1) is 9.01. The number of hydrogen-bond acceptors (Lipinski definition) is 2. The van der Waals surface area contributed by atoms with Gasteiger partial charge in [-0.1, -0.05) is 20.8 Å². The summed E-state index contributed by atoms with van der Waals surface area (Å²) in [7, 11) is 0. The molecule has 0 spiro atoms. The van der Waals surface area contributed by atoms with Gasteiger partial charge >= 0.3 is 0 Å². The maximum absolute atomic E-state index is 5.51. The van der Waals surface area contributed by atoms with Gasteiger partial charge in [0.05, 0.1) is 13.2 Å². The van der Waals surface area contributed by atoms with Crippen LogP contribution in [-0.2, 0) is 9.47 Å². The summed E-state index contributed by atoms with van der Waals surface area (Å²) in [6.07, 6.45) is 2.15. The van der Waals surface area contributed by atoms with Crippen LogP contribution in [-0.4, -0.2) is 19.5 Å². The van der Waals surface area contributed by atoms with Crippen molar-refractivity contribution in [3.63, 3.8) is 0 Å². The maximum atomic E-state index is 5.51. The summed E-state index contributed by atoms with van der Waals surface area (Å²) in [5, 5.41) is 0. The maximum Gasteiger partial charge on any atom is 0.162 e. The van der Waals surface area contributed by atoms with Crippen LogP contribution >= 0.6 is 0 Å². The van der Waals surface area contributed by atoms with E-state index in [0.29, 0.717) is 0 Å². The van der Waals surface area contributed by atoms with Crippen molar-refractivity contribution in [1.82, 2.24) is 0 Å². The zero-order chi connectivity index (χ0) is 8.32. The molecule has 2 nitrogen and oxygen atoms in total. The standard InChI is InChI=1S/C9H18O2/c1-4-9(2,3)8-10-6-5-7-11-8/h8H,4-7H2,1-3H3. The van der Waals surface area contributed by atoms with Crippen LogP contribution in [0.3, 0.4) is 0 Å². The normalized spacial score (nSPS) is 22.1. The Morgan fingerprint density at radius 3 is 2.27 bits per heavy atom. The Kier molecular flexibility index (Phi) is 2.90. The highest BCUT2D eigenvalue weighted by Gasteiger charge is 2.30. The van der Waals surface area contributed by atoms with E-state index in [1.165, 1.54) is 0 Å². The molecule has 1 saturated heterocycles. The Labute approximate surface area is 68.9 Å². The molecule has 0 aromatic rings. The van der Waals surface area contributed by atoms with E-state index in [2.05, 4.69) is 20.8 Å². The molecule has 0 aliphatic carbocycles. The van der Waals surface area contributed by atoms with Crippen molar-refractivity contribution in [3.8, 4) is 0 Å². The minimum atomic E-state index is 0.0150. The van der Waals surface area contributed by atoms with Gasteiger partial charge in [-0.05, 0) is 12.8 Å². The van der Waals surface area contributed by atoms with Crippen LogP contribution in [0.2, 0.25) is 0 Å². The van der Waals surface area contributed by atoms with E-state index in [0.717, 1.165) is 26.1 Å². The number of hydrogen-bond donors (Lipinski definition) is 0. The van der Waals surface area contributed by atoms with Crippen LogP contribution in [0.25, 0.3) is 0 Å². The molecule has 1 aliphatic rings. The van der Waals surface area contributed by atoms with E-state index in [1.54, 1.807) is 0 Å². The summed E-state index contributed by atoms with van der Waals surface area (Å²) in [5.41, 5.74) is 0.167. The quantitative estimate of drug-likeness (QED) is 0.613. The molecule has 0 atom stereocenters. The highest BCUT2D eigenvalue weighted by Crippen LogP contribution is 2.29. The summed E-state index contributed by atoms with van der Waals surface area (Å²) in [4.78, 5) is 0. The van der Waals surface area contributed by atoms with Crippen molar-refractivity contribution in [3.05, 3.63) is 0 Å². The van der Waals surface area contributed by atoms with Gasteiger partial charge in [-0.3, -0.25) is 0 Å². The van der Waals surface area contributed by atoms with Crippen LogP contribution in [0.4, 0.5) is 0 Å². The highest BCUT2D eigenvalue weighted by molar-refractivity contribution is 4.72. The van der Waals surface area contributed by atoms with E-state index >= 15 is 0 Å². The second kappa shape index (κ2) is 3.55. The molecule has 0 aromatic carbocycles. The molecular formula is C9H18O2. The monoisotopic (exact) mass is 158 g/mol. The van der Waals surface area contributed by atoms with E-state index in [9.17, 15) is 0 Å². The van der Waals surface area contributed by atoms with E-state index in [4.69, 9.17) is 9.47 Å². The van der Waals surface area contributed by atoms with E-state index in [1.807, 2.05) is 0 Å². The smallest absolute Gasteiger partial charge is 0.162 e. The van der Waals surface area contributed by atoms with Crippen molar-refractivity contribution < 1.29 is 9.47 Å².